The summed E-state index contributed by atoms with van der Waals surface area (Å²) in [5.41, 5.74) is -2.78. The molecule has 0 aliphatic carbocycles. The number of cyclic esters (lactones) is 1. The highest BCUT2D eigenvalue weighted by Crippen LogP contribution is 2.43. The number of ether oxygens (including phenoxy) is 4. The Kier molecular flexibility index (Phi) is 8.03. The summed E-state index contributed by atoms with van der Waals surface area (Å²) in [5.74, 6) is -4.19. The van der Waals surface area contributed by atoms with Gasteiger partial charge in [-0.05, 0) is 0 Å². The number of aliphatic hydroxyl groups is 11. The largest absolute Gasteiger partial charge is 0.505 e. The molecule has 11 N–H and O–H groups in total. The van der Waals surface area contributed by atoms with Crippen molar-refractivity contribution in [3.8, 4) is 0 Å². The van der Waals surface area contributed by atoms with Crippen LogP contribution in [0.4, 0.5) is 0 Å². The van der Waals surface area contributed by atoms with Gasteiger partial charge in [-0.15, -0.1) is 0 Å². The summed E-state index contributed by atoms with van der Waals surface area (Å²) >= 11 is 0. The maximum absolute atomic E-state index is 11.8. The lowest BCUT2D eigenvalue weighted by molar-refractivity contribution is -0.350. The second-order valence-corrected chi connectivity index (χ2v) is 8.14. The second-order valence-electron chi connectivity index (χ2n) is 8.14. The predicted octanol–water partition coefficient (Wildman–Crippen LogP) is -6.37. The molecule has 0 spiro atoms. The van der Waals surface area contributed by atoms with Crippen LogP contribution in [0.15, 0.2) is 11.5 Å². The van der Waals surface area contributed by atoms with Crippen LogP contribution >= 0.6 is 0 Å². The van der Waals surface area contributed by atoms with Crippen molar-refractivity contribution in [2.75, 3.05) is 19.8 Å². The van der Waals surface area contributed by atoms with Crippen LogP contribution in [0.3, 0.4) is 0 Å². The molecule has 0 radical (unpaired) electrons. The summed E-state index contributed by atoms with van der Waals surface area (Å²) in [4.78, 5) is 11.8. The monoisotopic (exact) mass is 500 g/mol. The number of hydrogen-bond acceptors (Lipinski definition) is 16. The molecule has 3 aliphatic heterocycles. The Hall–Kier alpha value is -1.67. The van der Waals surface area contributed by atoms with Gasteiger partial charge in [-0.2, -0.15) is 0 Å². The molecule has 0 amide bonds. The van der Waals surface area contributed by atoms with E-state index in [0.29, 0.717) is 0 Å². The molecule has 2 fully saturated rings. The molecular weight excluding hydrogens is 472 g/mol. The molecule has 16 nitrogen and oxygen atoms in total. The highest BCUT2D eigenvalue weighted by atomic mass is 16.7. The third-order valence-corrected chi connectivity index (χ3v) is 6.14. The summed E-state index contributed by atoms with van der Waals surface area (Å²) in [6.07, 6.45) is -20.5. The SMILES string of the molecule is O=C1O[C@](C2O[C@H](CO)[C@@H](O[C@@H]3O[C@H](CO)[C@H](O)[C@H](O)[C@H]3O)[C@H](O)[C@H]2O)([C@@H](O)CO)C(O)=C1O. The molecule has 0 aromatic carbocycles. The van der Waals surface area contributed by atoms with Crippen molar-refractivity contribution < 1.29 is 79.9 Å². The molecule has 3 rings (SSSR count). The Labute approximate surface area is 191 Å². The van der Waals surface area contributed by atoms with Crippen LogP contribution in [0.5, 0.6) is 0 Å². The lowest BCUT2D eigenvalue weighted by atomic mass is 9.80. The maximum Gasteiger partial charge on any atom is 0.378 e. The van der Waals surface area contributed by atoms with E-state index >= 15 is 0 Å². The van der Waals surface area contributed by atoms with E-state index in [-0.39, 0.29) is 0 Å². The Morgan fingerprint density at radius 3 is 1.97 bits per heavy atom. The fourth-order valence-corrected chi connectivity index (χ4v) is 4.22. The predicted molar refractivity (Wildman–Crippen MR) is 101 cm³/mol. The van der Waals surface area contributed by atoms with Gasteiger partial charge < -0.3 is 75.1 Å². The smallest absolute Gasteiger partial charge is 0.378 e. The molecular formula is C18H28O16. The van der Waals surface area contributed by atoms with Crippen LogP contribution < -0.4 is 0 Å². The minimum absolute atomic E-state index is 0.787. The second kappa shape index (κ2) is 10.1. The first-order valence-electron chi connectivity index (χ1n) is 10.2. The number of rotatable bonds is 7. The van der Waals surface area contributed by atoms with E-state index in [2.05, 4.69) is 0 Å². The van der Waals surface area contributed by atoms with Crippen molar-refractivity contribution >= 4 is 5.97 Å². The third-order valence-electron chi connectivity index (χ3n) is 6.14. The van der Waals surface area contributed by atoms with Crippen LogP contribution in [-0.2, 0) is 23.7 Å². The van der Waals surface area contributed by atoms with E-state index in [9.17, 15) is 61.0 Å². The zero-order valence-corrected chi connectivity index (χ0v) is 17.4. The number of carbonyl (C=O) groups is 1. The molecule has 0 saturated carbocycles. The Bertz CT molecular complexity index is 771. The summed E-state index contributed by atoms with van der Waals surface area (Å²) in [6.45, 7) is -2.91. The first-order valence-corrected chi connectivity index (χ1v) is 10.2. The lowest BCUT2D eigenvalue weighted by Gasteiger charge is -2.49. The van der Waals surface area contributed by atoms with Crippen molar-refractivity contribution in [3.05, 3.63) is 11.5 Å². The summed E-state index contributed by atoms with van der Waals surface area (Å²) in [7, 11) is 0. The van der Waals surface area contributed by atoms with Gasteiger partial charge in [0, 0.05) is 0 Å². The average molecular weight is 500 g/mol. The van der Waals surface area contributed by atoms with Gasteiger partial charge in [-0.25, -0.2) is 4.79 Å². The molecule has 1 unspecified atom stereocenters. The zero-order chi connectivity index (χ0) is 25.5. The number of esters is 1. The Balaban J connectivity index is 1.89. The molecule has 3 heterocycles. The molecule has 16 heteroatoms. The number of hydrogen-bond donors (Lipinski definition) is 11. The summed E-state index contributed by atoms with van der Waals surface area (Å²) in [5, 5.41) is 110. The van der Waals surface area contributed by atoms with Gasteiger partial charge in [-0.3, -0.25) is 0 Å². The Morgan fingerprint density at radius 1 is 0.853 bits per heavy atom. The van der Waals surface area contributed by atoms with E-state index in [4.69, 9.17) is 18.9 Å². The van der Waals surface area contributed by atoms with Crippen LogP contribution in [-0.4, -0.2) is 155 Å². The molecule has 0 aromatic heterocycles. The summed E-state index contributed by atoms with van der Waals surface area (Å²) < 4.78 is 20.8. The van der Waals surface area contributed by atoms with E-state index in [1.165, 1.54) is 0 Å². The van der Waals surface area contributed by atoms with Crippen LogP contribution in [0.1, 0.15) is 0 Å². The number of aliphatic hydroxyl groups excluding tert-OH is 11. The van der Waals surface area contributed by atoms with Gasteiger partial charge >= 0.3 is 5.97 Å². The molecule has 3 aliphatic rings. The highest BCUT2D eigenvalue weighted by molar-refractivity contribution is 5.90. The van der Waals surface area contributed by atoms with E-state index in [1.807, 2.05) is 0 Å². The highest BCUT2D eigenvalue weighted by Gasteiger charge is 2.65. The first-order chi connectivity index (χ1) is 16.0. The van der Waals surface area contributed by atoms with E-state index < -0.39 is 110 Å². The lowest BCUT2D eigenvalue weighted by Crippen LogP contribution is -2.70. The number of carbonyl (C=O) groups excluding carboxylic acids is 1. The normalized spacial score (nSPS) is 46.4. The maximum atomic E-state index is 11.8. The van der Waals surface area contributed by atoms with Crippen molar-refractivity contribution in [1.29, 1.82) is 0 Å². The molecule has 2 saturated heterocycles. The minimum atomic E-state index is -2.78. The van der Waals surface area contributed by atoms with Gasteiger partial charge in [0.15, 0.2) is 12.0 Å². The average Bonchev–Trinajstić information content (AvgIpc) is 3.06. The van der Waals surface area contributed by atoms with Crippen LogP contribution in [0.2, 0.25) is 0 Å². The molecule has 196 valence electrons. The summed E-state index contributed by atoms with van der Waals surface area (Å²) in [6, 6.07) is 0. The van der Waals surface area contributed by atoms with E-state index in [1.54, 1.807) is 0 Å². The van der Waals surface area contributed by atoms with Crippen molar-refractivity contribution in [3.63, 3.8) is 0 Å². The van der Waals surface area contributed by atoms with Gasteiger partial charge in [-0.1, -0.05) is 0 Å². The minimum Gasteiger partial charge on any atom is -0.505 e. The van der Waals surface area contributed by atoms with Gasteiger partial charge in [0.1, 0.15) is 61.0 Å². The van der Waals surface area contributed by atoms with Crippen molar-refractivity contribution in [2.24, 2.45) is 0 Å². The molecule has 0 bridgehead atoms. The van der Waals surface area contributed by atoms with Crippen LogP contribution in [0.25, 0.3) is 0 Å². The molecule has 12 atom stereocenters. The molecule has 34 heavy (non-hydrogen) atoms. The van der Waals surface area contributed by atoms with E-state index in [0.717, 1.165) is 0 Å². The fraction of sp³-hybridized carbons (Fsp3) is 0.833. The molecule has 0 aromatic rings. The van der Waals surface area contributed by atoms with Crippen LogP contribution in [0, 0.1) is 0 Å². The standard InChI is InChI=1S/C18H28O16/c19-1-4-7(23)8(24)11(27)17(32-4)33-13-5(2-20)31-15(10(26)9(13)25)18(6(22)3-21)14(29)12(28)16(30)34-18/h4-11,13,15,17,19-29H,1-3H2/t4-,5-,6+,7+,8+,9-,10-,11-,13-,15?,17+,18-/m1/s1. The van der Waals surface area contributed by atoms with Gasteiger partial charge in [0.25, 0.3) is 0 Å². The quantitative estimate of drug-likeness (QED) is 0.145. The first kappa shape index (κ1) is 26.9. The van der Waals surface area contributed by atoms with Gasteiger partial charge in [0.2, 0.25) is 11.4 Å². The third kappa shape index (κ3) is 4.15. The van der Waals surface area contributed by atoms with Gasteiger partial charge in [0.05, 0.1) is 19.8 Å². The Morgan fingerprint density at radius 2 is 1.47 bits per heavy atom. The van der Waals surface area contributed by atoms with Crippen molar-refractivity contribution in [1.82, 2.24) is 0 Å². The zero-order valence-electron chi connectivity index (χ0n) is 17.4. The van der Waals surface area contributed by atoms with Crippen molar-refractivity contribution in [2.45, 2.75) is 72.9 Å². The topological polar surface area (TPSA) is 277 Å². The fourth-order valence-electron chi connectivity index (χ4n) is 4.22.